The number of nitrogens with zero attached hydrogens (tertiary/aromatic N) is 2. The van der Waals surface area contributed by atoms with E-state index in [9.17, 15) is 9.59 Å². The number of aliphatic carboxylic acids is 1. The molecule has 1 saturated carbocycles. The highest BCUT2D eigenvalue weighted by atomic mass is 32.1. The molecule has 0 radical (unpaired) electrons. The van der Waals surface area contributed by atoms with Gasteiger partial charge in [-0.2, -0.15) is 0 Å². The van der Waals surface area contributed by atoms with Crippen molar-refractivity contribution in [3.63, 3.8) is 0 Å². The number of carboxylic acids is 1. The van der Waals surface area contributed by atoms with E-state index in [0.29, 0.717) is 4.88 Å². The number of rotatable bonds is 5. The zero-order chi connectivity index (χ0) is 15.8. The van der Waals surface area contributed by atoms with Crippen LogP contribution in [0.3, 0.4) is 0 Å². The van der Waals surface area contributed by atoms with Gasteiger partial charge in [0.15, 0.2) is 0 Å². The van der Waals surface area contributed by atoms with Crippen molar-refractivity contribution in [1.82, 2.24) is 9.88 Å². The molecule has 0 bridgehead atoms. The summed E-state index contributed by atoms with van der Waals surface area (Å²) in [6.45, 7) is 8.08. The SMILES string of the molecule is C[C@@H](CN(C(=O)c1cnc(C(C)(C)C)s1)C1CC1)C(=O)O. The first-order chi connectivity index (χ1) is 9.70. The highest BCUT2D eigenvalue weighted by Gasteiger charge is 2.36. The molecule has 1 fully saturated rings. The van der Waals surface area contributed by atoms with Gasteiger partial charge in [-0.3, -0.25) is 9.59 Å². The van der Waals surface area contributed by atoms with Crippen molar-refractivity contribution in [1.29, 1.82) is 0 Å². The minimum Gasteiger partial charge on any atom is -0.481 e. The molecule has 1 aromatic heterocycles. The largest absolute Gasteiger partial charge is 0.481 e. The first-order valence-electron chi connectivity index (χ1n) is 7.20. The summed E-state index contributed by atoms with van der Waals surface area (Å²) in [5.74, 6) is -1.50. The van der Waals surface area contributed by atoms with E-state index >= 15 is 0 Å². The van der Waals surface area contributed by atoms with Gasteiger partial charge in [0.1, 0.15) is 4.88 Å². The predicted octanol–water partition coefficient (Wildman–Crippen LogP) is 2.77. The number of amides is 1. The fourth-order valence-electron chi connectivity index (χ4n) is 2.02. The van der Waals surface area contributed by atoms with Crippen molar-refractivity contribution < 1.29 is 14.7 Å². The van der Waals surface area contributed by atoms with E-state index in [-0.39, 0.29) is 23.9 Å². The van der Waals surface area contributed by atoms with E-state index in [1.54, 1.807) is 18.0 Å². The molecule has 2 rings (SSSR count). The monoisotopic (exact) mass is 310 g/mol. The maximum Gasteiger partial charge on any atom is 0.308 e. The van der Waals surface area contributed by atoms with Crippen molar-refractivity contribution in [3.8, 4) is 0 Å². The lowest BCUT2D eigenvalue weighted by molar-refractivity contribution is -0.141. The Kier molecular flexibility index (Phi) is 4.37. The summed E-state index contributed by atoms with van der Waals surface area (Å²) in [7, 11) is 0. The Morgan fingerprint density at radius 3 is 2.52 bits per heavy atom. The van der Waals surface area contributed by atoms with Gasteiger partial charge in [-0.05, 0) is 12.8 Å². The maximum atomic E-state index is 12.6. The Hall–Kier alpha value is -1.43. The molecular weight excluding hydrogens is 288 g/mol. The lowest BCUT2D eigenvalue weighted by atomic mass is 9.98. The number of hydrogen-bond donors (Lipinski definition) is 1. The van der Waals surface area contributed by atoms with Gasteiger partial charge in [0.2, 0.25) is 0 Å². The van der Waals surface area contributed by atoms with Crippen molar-refractivity contribution in [2.45, 2.75) is 52.0 Å². The standard InChI is InChI=1S/C15H22N2O3S/c1-9(13(19)20)8-17(10-5-6-10)12(18)11-7-16-14(21-11)15(2,3)4/h7,9-10H,5-6,8H2,1-4H3,(H,19,20)/t9-/m0/s1. The number of thiazole rings is 1. The van der Waals surface area contributed by atoms with Crippen LogP contribution < -0.4 is 0 Å². The first-order valence-corrected chi connectivity index (χ1v) is 8.02. The van der Waals surface area contributed by atoms with Gasteiger partial charge in [-0.15, -0.1) is 11.3 Å². The summed E-state index contributed by atoms with van der Waals surface area (Å²) in [5, 5.41) is 9.97. The second-order valence-corrected chi connectivity index (χ2v) is 7.74. The molecule has 0 aromatic carbocycles. The van der Waals surface area contributed by atoms with Gasteiger partial charge in [0.25, 0.3) is 5.91 Å². The number of carbonyl (C=O) groups is 2. The van der Waals surface area contributed by atoms with Gasteiger partial charge in [-0.1, -0.05) is 27.7 Å². The molecule has 0 spiro atoms. The molecule has 1 aliphatic carbocycles. The molecular formula is C15H22N2O3S. The Labute approximate surface area is 129 Å². The molecule has 0 aliphatic heterocycles. The molecule has 1 N–H and O–H groups in total. The molecule has 1 amide bonds. The van der Waals surface area contributed by atoms with Crippen molar-refractivity contribution in [2.75, 3.05) is 6.54 Å². The van der Waals surface area contributed by atoms with Crippen molar-refractivity contribution >= 4 is 23.2 Å². The molecule has 0 unspecified atom stereocenters. The summed E-state index contributed by atoms with van der Waals surface area (Å²) < 4.78 is 0. The van der Waals surface area contributed by atoms with Crippen LogP contribution in [0.2, 0.25) is 0 Å². The van der Waals surface area contributed by atoms with Gasteiger partial charge < -0.3 is 10.0 Å². The van der Waals surface area contributed by atoms with E-state index in [1.165, 1.54) is 11.3 Å². The van der Waals surface area contributed by atoms with Crippen LogP contribution in [0.25, 0.3) is 0 Å². The summed E-state index contributed by atoms with van der Waals surface area (Å²) in [5.41, 5.74) is -0.0814. The Balaban J connectivity index is 2.15. The fraction of sp³-hybridized carbons (Fsp3) is 0.667. The number of carbonyl (C=O) groups excluding carboxylic acids is 1. The smallest absolute Gasteiger partial charge is 0.308 e. The van der Waals surface area contributed by atoms with Crippen molar-refractivity contribution in [3.05, 3.63) is 16.1 Å². The van der Waals surface area contributed by atoms with Gasteiger partial charge in [0.05, 0.1) is 17.1 Å². The van der Waals surface area contributed by atoms with Crippen LogP contribution in [0.5, 0.6) is 0 Å². The molecule has 1 aromatic rings. The number of carboxylic acid groups (broad SMARTS) is 1. The average molecular weight is 310 g/mol. The summed E-state index contributed by atoms with van der Waals surface area (Å²) in [6, 6.07) is 0.194. The topological polar surface area (TPSA) is 70.5 Å². The van der Waals surface area contributed by atoms with Crippen LogP contribution in [0.4, 0.5) is 0 Å². The average Bonchev–Trinajstić information content (AvgIpc) is 3.08. The van der Waals surface area contributed by atoms with Gasteiger partial charge in [-0.25, -0.2) is 4.98 Å². The Bertz CT molecular complexity index is 543. The molecule has 6 heteroatoms. The fourth-order valence-corrected chi connectivity index (χ4v) is 2.95. The molecule has 1 atom stereocenters. The summed E-state index contributed by atoms with van der Waals surface area (Å²) >= 11 is 1.41. The van der Waals surface area contributed by atoms with E-state index in [1.807, 2.05) is 0 Å². The van der Waals surface area contributed by atoms with Crippen LogP contribution in [-0.4, -0.2) is 39.5 Å². The second kappa shape index (κ2) is 5.75. The van der Waals surface area contributed by atoms with E-state index in [4.69, 9.17) is 5.11 Å². The quantitative estimate of drug-likeness (QED) is 0.908. The zero-order valence-corrected chi connectivity index (χ0v) is 13.7. The molecule has 5 nitrogen and oxygen atoms in total. The molecule has 116 valence electrons. The van der Waals surface area contributed by atoms with Crippen LogP contribution >= 0.6 is 11.3 Å². The Morgan fingerprint density at radius 2 is 2.10 bits per heavy atom. The third-order valence-corrected chi connectivity index (χ3v) is 4.91. The lowest BCUT2D eigenvalue weighted by Crippen LogP contribution is -2.38. The lowest BCUT2D eigenvalue weighted by Gasteiger charge is -2.23. The van der Waals surface area contributed by atoms with Gasteiger partial charge in [0, 0.05) is 18.0 Å². The predicted molar refractivity (Wildman–Crippen MR) is 81.7 cm³/mol. The number of aromatic nitrogens is 1. The molecule has 1 heterocycles. The van der Waals surface area contributed by atoms with Crippen LogP contribution in [0.15, 0.2) is 6.20 Å². The summed E-state index contributed by atoms with van der Waals surface area (Å²) in [6.07, 6.45) is 3.54. The van der Waals surface area contributed by atoms with Crippen LogP contribution in [0, 0.1) is 5.92 Å². The molecule has 21 heavy (non-hydrogen) atoms. The highest BCUT2D eigenvalue weighted by molar-refractivity contribution is 7.13. The first kappa shape index (κ1) is 15.9. The normalized spacial score (nSPS) is 16.6. The van der Waals surface area contributed by atoms with Crippen molar-refractivity contribution in [2.24, 2.45) is 5.92 Å². The second-order valence-electron chi connectivity index (χ2n) is 6.71. The molecule has 1 aliphatic rings. The zero-order valence-electron chi connectivity index (χ0n) is 12.9. The Morgan fingerprint density at radius 1 is 1.48 bits per heavy atom. The third kappa shape index (κ3) is 3.81. The van der Waals surface area contributed by atoms with Crippen LogP contribution in [-0.2, 0) is 10.2 Å². The molecule has 0 saturated heterocycles. The third-order valence-electron chi connectivity index (χ3n) is 3.50. The highest BCUT2D eigenvalue weighted by Crippen LogP contribution is 2.32. The van der Waals surface area contributed by atoms with Gasteiger partial charge >= 0.3 is 5.97 Å². The minimum absolute atomic E-state index is 0.0814. The summed E-state index contributed by atoms with van der Waals surface area (Å²) in [4.78, 5) is 30.3. The van der Waals surface area contributed by atoms with E-state index in [0.717, 1.165) is 17.8 Å². The minimum atomic E-state index is -0.867. The van der Waals surface area contributed by atoms with E-state index in [2.05, 4.69) is 25.8 Å². The maximum absolute atomic E-state index is 12.6. The van der Waals surface area contributed by atoms with Crippen LogP contribution in [0.1, 0.15) is 55.2 Å². The van der Waals surface area contributed by atoms with E-state index < -0.39 is 11.9 Å². The number of hydrogen-bond acceptors (Lipinski definition) is 4.